The molecule has 0 spiro atoms. The van der Waals surface area contributed by atoms with Gasteiger partial charge in [0.25, 0.3) is 0 Å². The SMILES string of the molecule is COC(=O)c1cccc2c(CCOC(=O)c3[c]c4ccccc4[nH]3)c[nH]c12. The second-order valence-electron chi connectivity index (χ2n) is 6.09. The highest BCUT2D eigenvalue weighted by Crippen LogP contribution is 2.23. The third-order valence-electron chi connectivity index (χ3n) is 4.46. The van der Waals surface area contributed by atoms with Crippen LogP contribution in [0.15, 0.2) is 48.7 Å². The first-order chi connectivity index (χ1) is 13.2. The van der Waals surface area contributed by atoms with Crippen molar-refractivity contribution in [3.63, 3.8) is 0 Å². The molecule has 0 bridgehead atoms. The van der Waals surface area contributed by atoms with Crippen molar-refractivity contribution in [1.29, 1.82) is 0 Å². The van der Waals surface area contributed by atoms with E-state index < -0.39 is 11.9 Å². The van der Waals surface area contributed by atoms with Gasteiger partial charge in [-0.1, -0.05) is 30.3 Å². The molecule has 0 saturated carbocycles. The number of para-hydroxylation sites is 2. The van der Waals surface area contributed by atoms with E-state index in [9.17, 15) is 9.59 Å². The Morgan fingerprint density at radius 3 is 2.74 bits per heavy atom. The maximum absolute atomic E-state index is 12.2. The Morgan fingerprint density at radius 1 is 1.07 bits per heavy atom. The molecule has 0 amide bonds. The molecule has 1 radical (unpaired) electrons. The van der Waals surface area contributed by atoms with Gasteiger partial charge in [0.2, 0.25) is 0 Å². The van der Waals surface area contributed by atoms with E-state index >= 15 is 0 Å². The topological polar surface area (TPSA) is 84.2 Å². The lowest BCUT2D eigenvalue weighted by Crippen LogP contribution is -2.08. The molecular formula is C21H17N2O4. The van der Waals surface area contributed by atoms with Crippen molar-refractivity contribution in [3.8, 4) is 0 Å². The molecular weight excluding hydrogens is 344 g/mol. The number of ether oxygens (including phenoxy) is 2. The molecule has 0 unspecified atom stereocenters. The Kier molecular flexibility index (Phi) is 4.38. The molecule has 4 rings (SSSR count). The Bertz CT molecular complexity index is 1110. The van der Waals surface area contributed by atoms with Crippen LogP contribution in [0.2, 0.25) is 0 Å². The highest BCUT2D eigenvalue weighted by atomic mass is 16.5. The third kappa shape index (κ3) is 3.17. The molecule has 2 N–H and O–H groups in total. The molecule has 135 valence electrons. The average molecular weight is 361 g/mol. The van der Waals surface area contributed by atoms with Gasteiger partial charge in [0, 0.05) is 35.0 Å². The highest BCUT2D eigenvalue weighted by molar-refractivity contribution is 6.03. The van der Waals surface area contributed by atoms with Crippen molar-refractivity contribution in [2.75, 3.05) is 13.7 Å². The number of benzene rings is 2. The van der Waals surface area contributed by atoms with Crippen LogP contribution in [0, 0.1) is 6.07 Å². The second kappa shape index (κ2) is 6.99. The zero-order valence-corrected chi connectivity index (χ0v) is 14.7. The number of rotatable bonds is 5. The number of hydrogen-bond donors (Lipinski definition) is 2. The van der Waals surface area contributed by atoms with Gasteiger partial charge in [0.05, 0.1) is 24.8 Å². The molecule has 0 saturated heterocycles. The van der Waals surface area contributed by atoms with Crippen molar-refractivity contribution in [2.45, 2.75) is 6.42 Å². The number of H-pyrrole nitrogens is 2. The van der Waals surface area contributed by atoms with E-state index in [1.165, 1.54) is 7.11 Å². The maximum atomic E-state index is 12.2. The summed E-state index contributed by atoms with van der Waals surface area (Å²) in [5.41, 5.74) is 3.31. The normalized spacial score (nSPS) is 11.0. The number of aromatic nitrogens is 2. The fourth-order valence-corrected chi connectivity index (χ4v) is 3.13. The van der Waals surface area contributed by atoms with E-state index in [1.807, 2.05) is 36.5 Å². The predicted octanol–water partition coefficient (Wildman–Crippen LogP) is 3.64. The monoisotopic (exact) mass is 361 g/mol. The maximum Gasteiger partial charge on any atom is 0.355 e. The second-order valence-corrected chi connectivity index (χ2v) is 6.09. The summed E-state index contributed by atoms with van der Waals surface area (Å²) in [5, 5.41) is 1.75. The van der Waals surface area contributed by atoms with E-state index in [4.69, 9.17) is 9.47 Å². The van der Waals surface area contributed by atoms with Crippen LogP contribution in [0.1, 0.15) is 26.4 Å². The number of carbonyl (C=O) groups is 2. The molecule has 6 heteroatoms. The van der Waals surface area contributed by atoms with Gasteiger partial charge in [-0.15, -0.1) is 0 Å². The van der Waals surface area contributed by atoms with Crippen molar-refractivity contribution in [3.05, 3.63) is 71.5 Å². The number of hydrogen-bond acceptors (Lipinski definition) is 4. The van der Waals surface area contributed by atoms with Gasteiger partial charge in [0.15, 0.2) is 0 Å². The zero-order chi connectivity index (χ0) is 18.8. The predicted molar refractivity (Wildman–Crippen MR) is 101 cm³/mol. The highest BCUT2D eigenvalue weighted by Gasteiger charge is 2.15. The fraction of sp³-hybridized carbons (Fsp3) is 0.143. The third-order valence-corrected chi connectivity index (χ3v) is 4.46. The molecule has 0 aliphatic heterocycles. The largest absolute Gasteiger partial charge is 0.465 e. The summed E-state index contributed by atoms with van der Waals surface area (Å²) in [5.74, 6) is -0.837. The summed E-state index contributed by atoms with van der Waals surface area (Å²) < 4.78 is 10.2. The molecule has 4 aromatic rings. The molecule has 2 heterocycles. The zero-order valence-electron chi connectivity index (χ0n) is 14.7. The van der Waals surface area contributed by atoms with Crippen molar-refractivity contribution in [2.24, 2.45) is 0 Å². The van der Waals surface area contributed by atoms with E-state index in [1.54, 1.807) is 12.1 Å². The van der Waals surface area contributed by atoms with Crippen molar-refractivity contribution in [1.82, 2.24) is 9.97 Å². The van der Waals surface area contributed by atoms with Gasteiger partial charge in [-0.25, -0.2) is 9.59 Å². The molecule has 0 atom stereocenters. The van der Waals surface area contributed by atoms with Crippen LogP contribution in [0.25, 0.3) is 21.8 Å². The molecule has 2 aromatic carbocycles. The first kappa shape index (κ1) is 16.9. The minimum atomic E-state index is -0.443. The van der Waals surface area contributed by atoms with Crippen LogP contribution in [0.3, 0.4) is 0 Å². The lowest BCUT2D eigenvalue weighted by molar-refractivity contribution is 0.0502. The van der Waals surface area contributed by atoms with Crippen molar-refractivity contribution < 1.29 is 19.1 Å². The van der Waals surface area contributed by atoms with Gasteiger partial charge in [-0.05, 0) is 17.7 Å². The Hall–Kier alpha value is -3.54. The van der Waals surface area contributed by atoms with Crippen LogP contribution >= 0.6 is 0 Å². The van der Waals surface area contributed by atoms with Gasteiger partial charge in [-0.2, -0.15) is 0 Å². The fourth-order valence-electron chi connectivity index (χ4n) is 3.13. The minimum Gasteiger partial charge on any atom is -0.465 e. The molecule has 0 fully saturated rings. The minimum absolute atomic E-state index is 0.220. The molecule has 2 aromatic heterocycles. The molecule has 27 heavy (non-hydrogen) atoms. The van der Waals surface area contributed by atoms with Crippen LogP contribution < -0.4 is 0 Å². The standard InChI is InChI=1S/C21H17N2O4/c1-26-20(24)16-7-4-6-15-14(12-22-19(15)16)9-10-27-21(25)18-11-13-5-2-3-8-17(13)23-18/h2-8,12,22-23H,9-10H2,1H3. The summed E-state index contributed by atoms with van der Waals surface area (Å²) in [7, 11) is 1.35. The number of esters is 2. The van der Waals surface area contributed by atoms with Gasteiger partial charge >= 0.3 is 11.9 Å². The number of aromatic amines is 2. The Labute approximate surface area is 155 Å². The van der Waals surface area contributed by atoms with E-state index in [0.29, 0.717) is 17.7 Å². The van der Waals surface area contributed by atoms with Crippen LogP contribution in [-0.4, -0.2) is 35.6 Å². The molecule has 0 aliphatic carbocycles. The van der Waals surface area contributed by atoms with Crippen LogP contribution in [-0.2, 0) is 15.9 Å². The van der Waals surface area contributed by atoms with E-state index in [0.717, 1.165) is 27.4 Å². The first-order valence-electron chi connectivity index (χ1n) is 8.52. The number of fused-ring (bicyclic) bond motifs is 2. The number of carbonyl (C=O) groups excluding carboxylic acids is 2. The van der Waals surface area contributed by atoms with Gasteiger partial charge in [-0.3, -0.25) is 0 Å². The Balaban J connectivity index is 1.46. The first-order valence-corrected chi connectivity index (χ1v) is 8.52. The lowest BCUT2D eigenvalue weighted by atomic mass is 10.1. The van der Waals surface area contributed by atoms with Gasteiger partial charge < -0.3 is 19.4 Å². The number of nitrogens with one attached hydrogen (secondary N) is 2. The van der Waals surface area contributed by atoms with Gasteiger partial charge in [0.1, 0.15) is 5.69 Å². The molecule has 6 nitrogen and oxygen atoms in total. The van der Waals surface area contributed by atoms with E-state index in [2.05, 4.69) is 16.0 Å². The van der Waals surface area contributed by atoms with E-state index in [-0.39, 0.29) is 6.61 Å². The average Bonchev–Trinajstić information content (AvgIpc) is 3.31. The van der Waals surface area contributed by atoms with Crippen LogP contribution in [0.5, 0.6) is 0 Å². The summed E-state index contributed by atoms with van der Waals surface area (Å²) in [6, 6.07) is 16.0. The van der Waals surface area contributed by atoms with Crippen LogP contribution in [0.4, 0.5) is 0 Å². The molecule has 0 aliphatic rings. The quantitative estimate of drug-likeness (QED) is 0.532. The summed E-state index contributed by atoms with van der Waals surface area (Å²) in [4.78, 5) is 30.2. The smallest absolute Gasteiger partial charge is 0.355 e. The Morgan fingerprint density at radius 2 is 1.93 bits per heavy atom. The lowest BCUT2D eigenvalue weighted by Gasteiger charge is -2.04. The summed E-state index contributed by atoms with van der Waals surface area (Å²) in [6.07, 6.45) is 2.34. The summed E-state index contributed by atoms with van der Waals surface area (Å²) >= 11 is 0. The van der Waals surface area contributed by atoms with Crippen molar-refractivity contribution >= 4 is 33.7 Å². The summed E-state index contributed by atoms with van der Waals surface area (Å²) in [6.45, 7) is 0.220. The number of methoxy groups -OCH3 is 1.